The van der Waals surface area contributed by atoms with Crippen molar-refractivity contribution in [1.82, 2.24) is 30.6 Å². The molecule has 0 radical (unpaired) electrons. The Morgan fingerprint density at radius 1 is 0.792 bits per heavy atom. The van der Waals surface area contributed by atoms with Crippen LogP contribution in [0.15, 0.2) is 65.6 Å². The molecule has 5 aromatic rings. The van der Waals surface area contributed by atoms with Crippen LogP contribution in [0.25, 0.3) is 21.8 Å². The number of hydrogen-bond acceptors (Lipinski definition) is 8. The predicted molar refractivity (Wildman–Crippen MR) is 196 cm³/mol. The maximum absolute atomic E-state index is 12.1. The lowest BCUT2D eigenvalue weighted by atomic mass is 10.1. The molecule has 0 aliphatic carbocycles. The highest BCUT2D eigenvalue weighted by Gasteiger charge is 2.14. The second-order valence-electron chi connectivity index (χ2n) is 12.3. The third kappa shape index (κ3) is 12.8. The molecule has 2 aromatic heterocycles. The summed E-state index contributed by atoms with van der Waals surface area (Å²) in [5.41, 5.74) is 7.75. The molecule has 48 heavy (non-hydrogen) atoms. The number of rotatable bonds is 10. The SMILES string of the molecule is C1CCOC1.CNC.Cc1[nH]nc2ccc(CCCN(C)C)cc12.Cc1ccc(S(=O)(=O)OCCCc2ccc3n[nH]c(C)c3c2)cc1. The summed E-state index contributed by atoms with van der Waals surface area (Å²) >= 11 is 0. The standard InChI is InChI=1S/C18H20N2O3S.C13H19N3.C4H8O.C2H7N/c1-13-5-8-16(9-6-13)24(21,22)23-11-3-4-15-7-10-18-17(12-15)14(2)19-20-18;1-10-12-9-11(5-4-8-16(2)3)6-7-13(12)15-14-10;1-2-4-5-3-1;1-3-2/h5-10,12H,3-4,11H2,1-2H3,(H,19,20);6-7,9H,4-5,8H2,1-3H3,(H,14,15);1-4H2;3H,1-2H3. The lowest BCUT2D eigenvalue weighted by molar-refractivity contribution is 0.198. The Hall–Kier alpha value is -3.61. The number of aromatic amines is 2. The van der Waals surface area contributed by atoms with E-state index in [1.54, 1.807) is 24.3 Å². The molecular weight excluding hydrogens is 625 g/mol. The van der Waals surface area contributed by atoms with Gasteiger partial charge in [-0.2, -0.15) is 18.6 Å². The van der Waals surface area contributed by atoms with E-state index in [4.69, 9.17) is 8.92 Å². The minimum absolute atomic E-state index is 0.165. The molecule has 0 unspecified atom stereocenters. The zero-order valence-electron chi connectivity index (χ0n) is 29.7. The summed E-state index contributed by atoms with van der Waals surface area (Å²) in [6, 6.07) is 19.3. The first-order valence-electron chi connectivity index (χ1n) is 16.7. The molecule has 1 aliphatic rings. The van der Waals surface area contributed by atoms with Crippen LogP contribution in [0.2, 0.25) is 0 Å². The monoisotopic (exact) mass is 678 g/mol. The van der Waals surface area contributed by atoms with E-state index in [1.165, 1.54) is 30.2 Å². The number of aromatic nitrogens is 4. The fourth-order valence-electron chi connectivity index (χ4n) is 5.01. The summed E-state index contributed by atoms with van der Waals surface area (Å²) in [4.78, 5) is 2.42. The average molecular weight is 679 g/mol. The predicted octanol–water partition coefficient (Wildman–Crippen LogP) is 6.52. The van der Waals surface area contributed by atoms with Gasteiger partial charge in [0.1, 0.15) is 0 Å². The highest BCUT2D eigenvalue weighted by molar-refractivity contribution is 7.86. The summed E-state index contributed by atoms with van der Waals surface area (Å²) in [6.45, 7) is 9.27. The molecule has 3 heterocycles. The van der Waals surface area contributed by atoms with E-state index in [0.717, 1.165) is 71.5 Å². The molecule has 1 fully saturated rings. The van der Waals surface area contributed by atoms with Crippen molar-refractivity contribution < 1.29 is 17.3 Å². The maximum atomic E-state index is 12.1. The third-order valence-electron chi connectivity index (χ3n) is 7.67. The summed E-state index contributed by atoms with van der Waals surface area (Å²) in [5, 5.41) is 19.5. The van der Waals surface area contributed by atoms with Crippen LogP contribution in [0.1, 0.15) is 53.8 Å². The van der Waals surface area contributed by atoms with Gasteiger partial charge in [0.25, 0.3) is 10.1 Å². The molecule has 0 amide bonds. The fraction of sp³-hybridized carbons (Fsp3) is 0.459. The number of benzene rings is 3. The van der Waals surface area contributed by atoms with Crippen molar-refractivity contribution in [2.75, 3.05) is 54.6 Å². The van der Waals surface area contributed by atoms with Gasteiger partial charge in [0, 0.05) is 35.4 Å². The first-order chi connectivity index (χ1) is 23.0. The van der Waals surface area contributed by atoms with Gasteiger partial charge in [0.15, 0.2) is 0 Å². The number of nitrogens with one attached hydrogen (secondary N) is 3. The van der Waals surface area contributed by atoms with Gasteiger partial charge in [-0.05, 0) is 142 Å². The molecule has 0 spiro atoms. The summed E-state index contributed by atoms with van der Waals surface area (Å²) < 4.78 is 34.3. The zero-order chi connectivity index (χ0) is 34.9. The quantitative estimate of drug-likeness (QED) is 0.113. The van der Waals surface area contributed by atoms with Gasteiger partial charge < -0.3 is 15.0 Å². The number of ether oxygens (including phenoxy) is 1. The molecule has 1 aliphatic heterocycles. The summed E-state index contributed by atoms with van der Waals surface area (Å²) in [6.07, 6.45) is 6.28. The van der Waals surface area contributed by atoms with Crippen LogP contribution in [0, 0.1) is 20.8 Å². The van der Waals surface area contributed by atoms with Crippen LogP contribution in [0.3, 0.4) is 0 Å². The topological polar surface area (TPSA) is 125 Å². The second-order valence-corrected chi connectivity index (χ2v) is 13.9. The third-order valence-corrected chi connectivity index (χ3v) is 9.00. The molecule has 262 valence electrons. The van der Waals surface area contributed by atoms with Crippen molar-refractivity contribution in [3.63, 3.8) is 0 Å². The molecule has 10 nitrogen and oxygen atoms in total. The number of hydrogen-bond donors (Lipinski definition) is 3. The molecule has 3 N–H and O–H groups in total. The summed E-state index contributed by atoms with van der Waals surface area (Å²) in [5.74, 6) is 0. The number of H-pyrrole nitrogens is 2. The Kier molecular flexibility index (Phi) is 16.2. The Bertz CT molecular complexity index is 1750. The molecule has 11 heteroatoms. The zero-order valence-corrected chi connectivity index (χ0v) is 30.5. The van der Waals surface area contributed by atoms with Gasteiger partial charge in [0.05, 0.1) is 22.5 Å². The first-order valence-corrected chi connectivity index (χ1v) is 18.1. The van der Waals surface area contributed by atoms with E-state index in [1.807, 2.05) is 40.1 Å². The van der Waals surface area contributed by atoms with Gasteiger partial charge in [-0.1, -0.05) is 29.8 Å². The van der Waals surface area contributed by atoms with Crippen molar-refractivity contribution in [2.45, 2.75) is 64.2 Å². The minimum Gasteiger partial charge on any atom is -0.381 e. The van der Waals surface area contributed by atoms with Gasteiger partial charge in [-0.3, -0.25) is 14.4 Å². The Balaban J connectivity index is 0.000000222. The van der Waals surface area contributed by atoms with E-state index < -0.39 is 10.1 Å². The summed E-state index contributed by atoms with van der Waals surface area (Å²) in [7, 11) is 4.30. The lowest BCUT2D eigenvalue weighted by Gasteiger charge is -2.08. The highest BCUT2D eigenvalue weighted by atomic mass is 32.2. The minimum atomic E-state index is -3.68. The Morgan fingerprint density at radius 2 is 1.29 bits per heavy atom. The first kappa shape index (κ1) is 38.8. The average Bonchev–Trinajstić information content (AvgIpc) is 3.84. The van der Waals surface area contributed by atoms with Crippen LogP contribution < -0.4 is 5.32 Å². The maximum Gasteiger partial charge on any atom is 0.296 e. The molecular formula is C37H54N6O4S. The van der Waals surface area contributed by atoms with E-state index in [2.05, 4.69) is 75.9 Å². The van der Waals surface area contributed by atoms with Crippen LogP contribution in [-0.4, -0.2) is 88.3 Å². The fourth-order valence-corrected chi connectivity index (χ4v) is 5.95. The molecule has 0 atom stereocenters. The largest absolute Gasteiger partial charge is 0.381 e. The van der Waals surface area contributed by atoms with E-state index in [9.17, 15) is 8.42 Å². The van der Waals surface area contributed by atoms with Crippen molar-refractivity contribution in [1.29, 1.82) is 0 Å². The molecule has 1 saturated heterocycles. The normalized spacial score (nSPS) is 12.7. The number of fused-ring (bicyclic) bond motifs is 2. The molecule has 0 bridgehead atoms. The van der Waals surface area contributed by atoms with Gasteiger partial charge in [-0.15, -0.1) is 0 Å². The van der Waals surface area contributed by atoms with Crippen LogP contribution in [0.5, 0.6) is 0 Å². The number of aryl methyl sites for hydroxylation is 5. The van der Waals surface area contributed by atoms with Crippen molar-refractivity contribution in [3.8, 4) is 0 Å². The molecule has 3 aromatic carbocycles. The van der Waals surface area contributed by atoms with Gasteiger partial charge in [-0.25, -0.2) is 0 Å². The van der Waals surface area contributed by atoms with Crippen molar-refractivity contribution in [3.05, 3.63) is 88.7 Å². The van der Waals surface area contributed by atoms with Crippen LogP contribution >= 0.6 is 0 Å². The van der Waals surface area contributed by atoms with Crippen LogP contribution in [-0.2, 0) is 31.9 Å². The molecule has 6 rings (SSSR count). The van der Waals surface area contributed by atoms with Gasteiger partial charge >= 0.3 is 0 Å². The van der Waals surface area contributed by atoms with Crippen molar-refractivity contribution in [2.24, 2.45) is 0 Å². The second kappa shape index (κ2) is 20.0. The lowest BCUT2D eigenvalue weighted by Crippen LogP contribution is -2.13. The van der Waals surface area contributed by atoms with Crippen LogP contribution in [0.4, 0.5) is 0 Å². The number of nitrogens with zero attached hydrogens (tertiary/aromatic N) is 3. The Labute approximate surface area is 286 Å². The van der Waals surface area contributed by atoms with Gasteiger partial charge in [0.2, 0.25) is 0 Å². The molecule has 0 saturated carbocycles. The van der Waals surface area contributed by atoms with Crippen molar-refractivity contribution >= 4 is 31.9 Å². The Morgan fingerprint density at radius 3 is 1.75 bits per heavy atom. The van der Waals surface area contributed by atoms with E-state index >= 15 is 0 Å². The van der Waals surface area contributed by atoms with E-state index in [0.29, 0.717) is 6.42 Å². The van der Waals surface area contributed by atoms with E-state index in [-0.39, 0.29) is 11.5 Å². The highest BCUT2D eigenvalue weighted by Crippen LogP contribution is 2.19. The smallest absolute Gasteiger partial charge is 0.296 e.